The first kappa shape index (κ1) is 19.0. The number of nitrogens with one attached hydrogen (secondary N) is 1. The molecule has 0 spiro atoms. The summed E-state index contributed by atoms with van der Waals surface area (Å²) < 4.78 is 26.6. The lowest BCUT2D eigenvalue weighted by molar-refractivity contribution is -0.126. The van der Waals surface area contributed by atoms with Crippen LogP contribution in [0.15, 0.2) is 18.3 Å². The molecule has 1 N–H and O–H groups in total. The number of carbonyl (C=O) groups excluding carboxylic acids is 1. The van der Waals surface area contributed by atoms with Crippen molar-refractivity contribution in [3.8, 4) is 0 Å². The fraction of sp³-hybridized carbons (Fsp3) is 0.688. The third kappa shape index (κ3) is 4.58. The van der Waals surface area contributed by atoms with E-state index in [4.69, 9.17) is 0 Å². The van der Waals surface area contributed by atoms with Crippen molar-refractivity contribution in [3.63, 3.8) is 0 Å². The van der Waals surface area contributed by atoms with E-state index in [1.54, 1.807) is 0 Å². The van der Waals surface area contributed by atoms with Crippen molar-refractivity contribution < 1.29 is 13.2 Å². The minimum Gasteiger partial charge on any atom is -0.354 e. The Balaban J connectivity index is 1.90. The zero-order chi connectivity index (χ0) is 17.9. The number of likely N-dealkylation sites (N-methyl/N-ethyl adjacent to an activating group) is 1. The van der Waals surface area contributed by atoms with Gasteiger partial charge in [-0.05, 0) is 39.1 Å². The van der Waals surface area contributed by atoms with Crippen LogP contribution < -0.4 is 5.32 Å². The summed E-state index contributed by atoms with van der Waals surface area (Å²) in [5.41, 5.74) is 1.15. The molecule has 2 rings (SSSR count). The summed E-state index contributed by atoms with van der Waals surface area (Å²) in [5.74, 6) is -0.0940. The molecule has 8 heteroatoms. The molecule has 7 nitrogen and oxygen atoms in total. The van der Waals surface area contributed by atoms with Gasteiger partial charge < -0.3 is 9.88 Å². The molecule has 24 heavy (non-hydrogen) atoms. The highest BCUT2D eigenvalue weighted by atomic mass is 32.2. The van der Waals surface area contributed by atoms with E-state index in [0.717, 1.165) is 5.69 Å². The van der Waals surface area contributed by atoms with E-state index in [-0.39, 0.29) is 17.9 Å². The van der Waals surface area contributed by atoms with Gasteiger partial charge in [-0.3, -0.25) is 9.69 Å². The first-order chi connectivity index (χ1) is 11.2. The molecule has 0 radical (unpaired) electrons. The minimum absolute atomic E-state index is 0.0178. The summed E-state index contributed by atoms with van der Waals surface area (Å²) in [6.07, 6.45) is 4.37. The Kier molecular flexibility index (Phi) is 6.06. The van der Waals surface area contributed by atoms with Gasteiger partial charge in [0.2, 0.25) is 15.9 Å². The van der Waals surface area contributed by atoms with Crippen molar-refractivity contribution >= 4 is 15.9 Å². The van der Waals surface area contributed by atoms with E-state index in [2.05, 4.69) is 20.9 Å². The first-order valence-corrected chi connectivity index (χ1v) is 10.1. The smallest absolute Gasteiger partial charge is 0.223 e. The van der Waals surface area contributed by atoms with E-state index in [1.165, 1.54) is 10.6 Å². The Hall–Kier alpha value is -1.38. The van der Waals surface area contributed by atoms with Gasteiger partial charge >= 0.3 is 0 Å². The SMILES string of the molecule is CN(C)[C@H](CNC(=O)C1CCN(S(C)(=O)=O)CC1)c1cccn1C. The average molecular weight is 356 g/mol. The van der Waals surface area contributed by atoms with Gasteiger partial charge in [0.25, 0.3) is 0 Å². The normalized spacial score (nSPS) is 18.7. The molecule has 0 aromatic carbocycles. The van der Waals surface area contributed by atoms with E-state index >= 15 is 0 Å². The number of aryl methyl sites for hydroxylation is 1. The third-order valence-electron chi connectivity index (χ3n) is 4.71. The quantitative estimate of drug-likeness (QED) is 0.801. The molecule has 1 amide bonds. The number of rotatable bonds is 6. The van der Waals surface area contributed by atoms with Crippen LogP contribution in [-0.2, 0) is 21.9 Å². The Morgan fingerprint density at radius 3 is 2.46 bits per heavy atom. The zero-order valence-corrected chi connectivity index (χ0v) is 15.7. The van der Waals surface area contributed by atoms with E-state index in [9.17, 15) is 13.2 Å². The predicted molar refractivity (Wildman–Crippen MR) is 94.0 cm³/mol. The molecule has 0 aliphatic carbocycles. The Morgan fingerprint density at radius 2 is 2.00 bits per heavy atom. The number of sulfonamides is 1. The Labute approximate surface area is 144 Å². The lowest BCUT2D eigenvalue weighted by Crippen LogP contribution is -2.44. The number of piperidine rings is 1. The lowest BCUT2D eigenvalue weighted by atomic mass is 9.97. The van der Waals surface area contributed by atoms with E-state index < -0.39 is 10.0 Å². The van der Waals surface area contributed by atoms with Crippen molar-refractivity contribution in [2.24, 2.45) is 13.0 Å². The molecule has 0 unspecified atom stereocenters. The Bertz CT molecular complexity index is 661. The molecular formula is C16H28N4O3S. The van der Waals surface area contributed by atoms with Gasteiger partial charge in [0, 0.05) is 44.5 Å². The molecule has 1 aromatic heterocycles. The molecule has 0 saturated carbocycles. The van der Waals surface area contributed by atoms with Crippen molar-refractivity contribution in [2.45, 2.75) is 18.9 Å². The van der Waals surface area contributed by atoms with Crippen LogP contribution in [0.25, 0.3) is 0 Å². The second kappa shape index (κ2) is 7.67. The van der Waals surface area contributed by atoms with Gasteiger partial charge in [0.1, 0.15) is 0 Å². The molecule has 1 aromatic rings. The van der Waals surface area contributed by atoms with Crippen LogP contribution in [0.4, 0.5) is 0 Å². The van der Waals surface area contributed by atoms with Gasteiger partial charge in [0.05, 0.1) is 12.3 Å². The maximum absolute atomic E-state index is 12.4. The summed E-state index contributed by atoms with van der Waals surface area (Å²) in [6, 6.07) is 4.15. The summed E-state index contributed by atoms with van der Waals surface area (Å²) in [4.78, 5) is 14.5. The topological polar surface area (TPSA) is 74.7 Å². The first-order valence-electron chi connectivity index (χ1n) is 8.20. The number of hydrogen-bond acceptors (Lipinski definition) is 4. The highest BCUT2D eigenvalue weighted by molar-refractivity contribution is 7.88. The van der Waals surface area contributed by atoms with Crippen LogP contribution in [0.2, 0.25) is 0 Å². The molecule has 1 aliphatic rings. The van der Waals surface area contributed by atoms with Crippen LogP contribution in [0.3, 0.4) is 0 Å². The maximum Gasteiger partial charge on any atom is 0.223 e. The third-order valence-corrected chi connectivity index (χ3v) is 6.02. The van der Waals surface area contributed by atoms with Gasteiger partial charge in [-0.25, -0.2) is 12.7 Å². The zero-order valence-electron chi connectivity index (χ0n) is 14.9. The molecule has 1 aliphatic heterocycles. The van der Waals surface area contributed by atoms with Crippen molar-refractivity contribution in [1.82, 2.24) is 19.1 Å². The van der Waals surface area contributed by atoms with Crippen LogP contribution in [-0.4, -0.2) is 68.1 Å². The van der Waals surface area contributed by atoms with Crippen molar-refractivity contribution in [3.05, 3.63) is 24.0 Å². The predicted octanol–water partition coefficient (Wildman–Crippen LogP) is 0.416. The molecular weight excluding hydrogens is 328 g/mol. The fourth-order valence-corrected chi connectivity index (χ4v) is 4.04. The molecule has 1 atom stereocenters. The van der Waals surface area contributed by atoms with Crippen LogP contribution in [0, 0.1) is 5.92 Å². The van der Waals surface area contributed by atoms with Crippen LogP contribution >= 0.6 is 0 Å². The van der Waals surface area contributed by atoms with Crippen molar-refractivity contribution in [1.29, 1.82) is 0 Å². The molecule has 1 fully saturated rings. The monoisotopic (exact) mass is 356 g/mol. The maximum atomic E-state index is 12.4. The highest BCUT2D eigenvalue weighted by Crippen LogP contribution is 2.21. The number of nitrogens with zero attached hydrogens (tertiary/aromatic N) is 3. The van der Waals surface area contributed by atoms with Gasteiger partial charge in [-0.2, -0.15) is 0 Å². The summed E-state index contributed by atoms with van der Waals surface area (Å²) in [6.45, 7) is 1.38. The molecule has 2 heterocycles. The summed E-state index contributed by atoms with van der Waals surface area (Å²) in [7, 11) is 2.83. The molecule has 136 valence electrons. The van der Waals surface area contributed by atoms with E-state index in [1.807, 2.05) is 33.4 Å². The fourth-order valence-electron chi connectivity index (χ4n) is 3.16. The van der Waals surface area contributed by atoms with Crippen molar-refractivity contribution in [2.75, 3.05) is 40.0 Å². The average Bonchev–Trinajstić information content (AvgIpc) is 2.92. The van der Waals surface area contributed by atoms with Gasteiger partial charge in [-0.1, -0.05) is 0 Å². The minimum atomic E-state index is -3.15. The molecule has 1 saturated heterocycles. The van der Waals surface area contributed by atoms with Gasteiger partial charge in [-0.15, -0.1) is 0 Å². The van der Waals surface area contributed by atoms with Gasteiger partial charge in [0.15, 0.2) is 0 Å². The standard InChI is InChI=1S/C16H28N4O3S/c1-18(2)15(14-6-5-9-19(14)3)12-17-16(21)13-7-10-20(11-8-13)24(4,22)23/h5-6,9,13,15H,7-8,10-12H2,1-4H3,(H,17,21)/t15-/m1/s1. The lowest BCUT2D eigenvalue weighted by Gasteiger charge is -2.30. The van der Waals surface area contributed by atoms with E-state index in [0.29, 0.717) is 32.5 Å². The second-order valence-corrected chi connectivity index (χ2v) is 8.69. The molecule has 0 bridgehead atoms. The largest absolute Gasteiger partial charge is 0.354 e. The number of aromatic nitrogens is 1. The van der Waals surface area contributed by atoms with Crippen LogP contribution in [0.1, 0.15) is 24.6 Å². The highest BCUT2D eigenvalue weighted by Gasteiger charge is 2.29. The second-order valence-electron chi connectivity index (χ2n) is 6.70. The Morgan fingerprint density at radius 1 is 1.38 bits per heavy atom. The number of amides is 1. The summed E-state index contributed by atoms with van der Waals surface area (Å²) >= 11 is 0. The van der Waals surface area contributed by atoms with Crippen LogP contribution in [0.5, 0.6) is 0 Å². The number of carbonyl (C=O) groups is 1. The summed E-state index contributed by atoms with van der Waals surface area (Å²) in [5, 5.41) is 3.04. The number of hydrogen-bond donors (Lipinski definition) is 1.